The van der Waals surface area contributed by atoms with Crippen LogP contribution in [-0.4, -0.2) is 20.9 Å². The van der Waals surface area contributed by atoms with Crippen molar-refractivity contribution in [1.29, 1.82) is 0 Å². The number of rotatable bonds is 4. The van der Waals surface area contributed by atoms with E-state index in [0.717, 1.165) is 11.3 Å². The van der Waals surface area contributed by atoms with Gasteiger partial charge in [0.1, 0.15) is 0 Å². The molecule has 1 N–H and O–H groups in total. The first-order chi connectivity index (χ1) is 11.4. The molecule has 0 aliphatic carbocycles. The van der Waals surface area contributed by atoms with E-state index in [1.165, 1.54) is 6.07 Å². The van der Waals surface area contributed by atoms with Gasteiger partial charge in [0.2, 0.25) is 5.91 Å². The Morgan fingerprint density at radius 1 is 1.25 bits per heavy atom. The lowest BCUT2D eigenvalue weighted by atomic mass is 10.2. The minimum Gasteiger partial charge on any atom is -0.312 e. The van der Waals surface area contributed by atoms with E-state index in [4.69, 9.17) is 11.6 Å². The van der Waals surface area contributed by atoms with E-state index in [9.17, 15) is 13.2 Å². The molecule has 0 aromatic heterocycles. The maximum Gasteiger partial charge on any atom is 0.261 e. The molecule has 2 aromatic carbocycles. The Labute approximate surface area is 146 Å². The number of nitrogens with one attached hydrogen (secondary N) is 1. The molecule has 1 heterocycles. The summed E-state index contributed by atoms with van der Waals surface area (Å²) in [4.78, 5) is 13.8. The quantitative estimate of drug-likeness (QED) is 0.903. The van der Waals surface area contributed by atoms with E-state index in [0.29, 0.717) is 30.1 Å². The molecule has 1 aliphatic rings. The molecule has 0 unspecified atom stereocenters. The maximum absolute atomic E-state index is 12.6. The Morgan fingerprint density at radius 3 is 2.71 bits per heavy atom. The number of carbonyl (C=O) groups is 1. The first kappa shape index (κ1) is 16.8. The van der Waals surface area contributed by atoms with Gasteiger partial charge in [-0.05, 0) is 42.3 Å². The molecule has 126 valence electrons. The molecule has 0 radical (unpaired) electrons. The highest BCUT2D eigenvalue weighted by molar-refractivity contribution is 7.92. The van der Waals surface area contributed by atoms with Crippen LogP contribution in [0.4, 0.5) is 11.4 Å². The molecule has 24 heavy (non-hydrogen) atoms. The Morgan fingerprint density at radius 2 is 2.00 bits per heavy atom. The number of hydrogen-bond donors (Lipinski definition) is 1. The summed E-state index contributed by atoms with van der Waals surface area (Å²) in [5.41, 5.74) is 1.99. The van der Waals surface area contributed by atoms with Crippen LogP contribution < -0.4 is 9.62 Å². The van der Waals surface area contributed by atoms with Crippen LogP contribution in [0.2, 0.25) is 5.02 Å². The summed E-state index contributed by atoms with van der Waals surface area (Å²) in [6.45, 7) is 2.40. The molecule has 1 amide bonds. The summed E-state index contributed by atoms with van der Waals surface area (Å²) in [6.07, 6.45) is 1.07. The molecular weight excluding hydrogens is 348 g/mol. The van der Waals surface area contributed by atoms with Gasteiger partial charge in [-0.15, -0.1) is 0 Å². The third-order valence-corrected chi connectivity index (χ3v) is 5.67. The first-order valence-corrected chi connectivity index (χ1v) is 9.49. The van der Waals surface area contributed by atoms with Crippen molar-refractivity contribution in [2.24, 2.45) is 0 Å². The second-order valence-electron chi connectivity index (χ2n) is 5.52. The van der Waals surface area contributed by atoms with Gasteiger partial charge < -0.3 is 4.90 Å². The Bertz CT molecular complexity index is 896. The maximum atomic E-state index is 12.6. The van der Waals surface area contributed by atoms with Crippen LogP contribution in [0.1, 0.15) is 18.9 Å². The van der Waals surface area contributed by atoms with Gasteiger partial charge >= 0.3 is 0 Å². The van der Waals surface area contributed by atoms with Gasteiger partial charge in [-0.2, -0.15) is 0 Å². The van der Waals surface area contributed by atoms with Gasteiger partial charge in [0.25, 0.3) is 10.0 Å². The number of halogens is 1. The fourth-order valence-corrected chi connectivity index (χ4v) is 4.11. The molecule has 7 heteroatoms. The minimum absolute atomic E-state index is 0.0403. The number of hydrogen-bond acceptors (Lipinski definition) is 3. The largest absolute Gasteiger partial charge is 0.312 e. The van der Waals surface area contributed by atoms with Crippen molar-refractivity contribution in [3.63, 3.8) is 0 Å². The van der Waals surface area contributed by atoms with Crippen molar-refractivity contribution >= 4 is 38.9 Å². The van der Waals surface area contributed by atoms with E-state index < -0.39 is 10.0 Å². The van der Waals surface area contributed by atoms with Gasteiger partial charge in [-0.25, -0.2) is 8.42 Å². The predicted octanol–water partition coefficient (Wildman–Crippen LogP) is 3.44. The molecule has 0 bridgehead atoms. The topological polar surface area (TPSA) is 66.5 Å². The number of sulfonamides is 1. The van der Waals surface area contributed by atoms with Crippen molar-refractivity contribution < 1.29 is 13.2 Å². The van der Waals surface area contributed by atoms with Crippen LogP contribution in [0.25, 0.3) is 0 Å². The number of amides is 1. The van der Waals surface area contributed by atoms with Gasteiger partial charge in [-0.1, -0.05) is 30.7 Å². The average molecular weight is 365 g/mol. The lowest BCUT2D eigenvalue weighted by Gasteiger charge is -2.16. The summed E-state index contributed by atoms with van der Waals surface area (Å²) in [5.74, 6) is 0.0403. The highest BCUT2D eigenvalue weighted by Gasteiger charge is 2.26. The molecule has 0 atom stereocenters. The third kappa shape index (κ3) is 3.12. The van der Waals surface area contributed by atoms with Crippen molar-refractivity contribution in [3.8, 4) is 0 Å². The van der Waals surface area contributed by atoms with Gasteiger partial charge in [-0.3, -0.25) is 9.52 Å². The Kier molecular flexibility index (Phi) is 4.51. The van der Waals surface area contributed by atoms with Gasteiger partial charge in [0.15, 0.2) is 0 Å². The first-order valence-electron chi connectivity index (χ1n) is 7.63. The second-order valence-corrected chi connectivity index (χ2v) is 7.61. The molecule has 0 saturated heterocycles. The zero-order valence-electron chi connectivity index (χ0n) is 13.1. The molecule has 3 rings (SSSR count). The van der Waals surface area contributed by atoms with Crippen LogP contribution in [-0.2, 0) is 21.2 Å². The zero-order chi connectivity index (χ0) is 17.3. The van der Waals surface area contributed by atoms with Gasteiger partial charge in [0, 0.05) is 18.7 Å². The van der Waals surface area contributed by atoms with Crippen molar-refractivity contribution in [2.45, 2.75) is 24.7 Å². The molecule has 0 fully saturated rings. The van der Waals surface area contributed by atoms with Crippen LogP contribution in [0.3, 0.4) is 0 Å². The normalized spacial score (nSPS) is 13.7. The monoisotopic (exact) mass is 364 g/mol. The number of para-hydroxylation sites is 1. The molecule has 1 aliphatic heterocycles. The van der Waals surface area contributed by atoms with Gasteiger partial charge in [0.05, 0.1) is 15.6 Å². The molecule has 0 saturated carbocycles. The van der Waals surface area contributed by atoms with E-state index in [-0.39, 0.29) is 10.8 Å². The van der Waals surface area contributed by atoms with Crippen molar-refractivity contribution in [1.82, 2.24) is 0 Å². The van der Waals surface area contributed by atoms with Crippen LogP contribution in [0.5, 0.6) is 0 Å². The number of fused-ring (bicyclic) bond motifs is 1. The van der Waals surface area contributed by atoms with E-state index in [1.54, 1.807) is 41.3 Å². The second kappa shape index (κ2) is 6.45. The number of benzene rings is 2. The fraction of sp³-hybridized carbons (Fsp3) is 0.235. The van der Waals surface area contributed by atoms with E-state index in [1.807, 2.05) is 6.92 Å². The molecule has 5 nitrogen and oxygen atoms in total. The molecule has 0 spiro atoms. The smallest absolute Gasteiger partial charge is 0.261 e. The predicted molar refractivity (Wildman–Crippen MR) is 95.1 cm³/mol. The van der Waals surface area contributed by atoms with E-state index in [2.05, 4.69) is 4.72 Å². The van der Waals surface area contributed by atoms with Crippen molar-refractivity contribution in [3.05, 3.63) is 53.1 Å². The summed E-state index contributed by atoms with van der Waals surface area (Å²) >= 11 is 6.01. The minimum atomic E-state index is -3.74. The third-order valence-electron chi connectivity index (χ3n) is 3.98. The number of carbonyl (C=O) groups excluding carboxylic acids is 1. The summed E-state index contributed by atoms with van der Waals surface area (Å²) in [5, 5.41) is 0.335. The van der Waals surface area contributed by atoms with E-state index >= 15 is 0 Å². The van der Waals surface area contributed by atoms with Crippen LogP contribution in [0.15, 0.2) is 47.4 Å². The van der Waals surface area contributed by atoms with Crippen LogP contribution >= 0.6 is 11.6 Å². The fourth-order valence-electron chi connectivity index (χ4n) is 2.74. The zero-order valence-corrected chi connectivity index (χ0v) is 14.7. The van der Waals surface area contributed by atoms with Crippen LogP contribution in [0, 0.1) is 0 Å². The highest BCUT2D eigenvalue weighted by Crippen LogP contribution is 2.31. The Balaban J connectivity index is 1.91. The summed E-state index contributed by atoms with van der Waals surface area (Å²) in [7, 11) is -3.74. The standard InChI is InChI=1S/C17H17ClN2O3S/c1-2-17(21)20-10-9-12-11-13(7-8-16(12)20)24(22,23)19-15-6-4-3-5-14(15)18/h3-8,11,19H,2,9-10H2,1H3. The van der Waals surface area contributed by atoms with Crippen molar-refractivity contribution in [2.75, 3.05) is 16.2 Å². The lowest BCUT2D eigenvalue weighted by molar-refractivity contribution is -0.118. The lowest BCUT2D eigenvalue weighted by Crippen LogP contribution is -2.27. The SMILES string of the molecule is CCC(=O)N1CCc2cc(S(=O)(=O)Nc3ccccc3Cl)ccc21. The Hall–Kier alpha value is -2.05. The number of nitrogens with zero attached hydrogens (tertiary/aromatic N) is 1. The molecule has 2 aromatic rings. The number of anilines is 2. The summed E-state index contributed by atoms with van der Waals surface area (Å²) in [6, 6.07) is 11.5. The summed E-state index contributed by atoms with van der Waals surface area (Å²) < 4.78 is 27.6. The highest BCUT2D eigenvalue weighted by atomic mass is 35.5. The average Bonchev–Trinajstić information content (AvgIpc) is 2.99. The molecular formula is C17H17ClN2O3S.